The van der Waals surface area contributed by atoms with E-state index in [9.17, 15) is 4.79 Å². The van der Waals surface area contributed by atoms with Crippen LogP contribution in [0.3, 0.4) is 0 Å². The monoisotopic (exact) mass is 234 g/mol. The second kappa shape index (κ2) is 5.00. The lowest BCUT2D eigenvalue weighted by Gasteiger charge is -2.25. The average Bonchev–Trinajstić information content (AvgIpc) is 2.73. The van der Waals surface area contributed by atoms with E-state index in [2.05, 4.69) is 11.1 Å². The summed E-state index contributed by atoms with van der Waals surface area (Å²) in [4.78, 5) is 17.8. The highest BCUT2D eigenvalue weighted by Gasteiger charge is 2.34. The molecule has 5 heteroatoms. The number of rotatable bonds is 4. The van der Waals surface area contributed by atoms with Gasteiger partial charge in [0.05, 0.1) is 12.6 Å². The molecule has 1 aromatic heterocycles. The van der Waals surface area contributed by atoms with Crippen LogP contribution in [0.25, 0.3) is 0 Å². The number of hydrogen-bond acceptors (Lipinski definition) is 3. The van der Waals surface area contributed by atoms with Crippen LogP contribution in [0, 0.1) is 16.7 Å². The maximum Gasteiger partial charge on any atom is 0.242 e. The van der Waals surface area contributed by atoms with Crippen molar-refractivity contribution in [1.29, 1.82) is 5.26 Å². The van der Waals surface area contributed by atoms with Crippen molar-refractivity contribution in [2.75, 3.05) is 7.05 Å². The fourth-order valence-electron chi connectivity index (χ4n) is 1.53. The van der Waals surface area contributed by atoms with Crippen LogP contribution < -0.4 is 0 Å². The molecule has 1 atom stereocenters. The Kier molecular flexibility index (Phi) is 3.89. The number of aromatic nitrogens is 2. The summed E-state index contributed by atoms with van der Waals surface area (Å²) < 4.78 is 1.86. The molecule has 1 heterocycles. The van der Waals surface area contributed by atoms with E-state index >= 15 is 0 Å². The Morgan fingerprint density at radius 2 is 2.35 bits per heavy atom. The Balaban J connectivity index is 2.79. The molecule has 5 nitrogen and oxygen atoms in total. The lowest BCUT2D eigenvalue weighted by Crippen LogP contribution is -2.39. The van der Waals surface area contributed by atoms with E-state index < -0.39 is 5.41 Å². The summed E-state index contributed by atoms with van der Waals surface area (Å²) in [5.74, 6) is 0.641. The van der Waals surface area contributed by atoms with Gasteiger partial charge in [0, 0.05) is 26.5 Å². The third-order valence-electron chi connectivity index (χ3n) is 3.07. The molecule has 1 rings (SSSR count). The lowest BCUT2D eigenvalue weighted by molar-refractivity contribution is -0.137. The highest BCUT2D eigenvalue weighted by Crippen LogP contribution is 2.23. The Bertz CT molecular complexity index is 446. The van der Waals surface area contributed by atoms with Crippen LogP contribution in [0.4, 0.5) is 0 Å². The minimum Gasteiger partial charge on any atom is -0.337 e. The summed E-state index contributed by atoms with van der Waals surface area (Å²) in [6.07, 6.45) is 4.03. The quantitative estimate of drug-likeness (QED) is 0.789. The topological polar surface area (TPSA) is 61.9 Å². The van der Waals surface area contributed by atoms with Crippen molar-refractivity contribution in [3.8, 4) is 6.07 Å². The zero-order valence-electron chi connectivity index (χ0n) is 10.8. The first-order chi connectivity index (χ1) is 7.94. The maximum atomic E-state index is 12.1. The van der Waals surface area contributed by atoms with Crippen LogP contribution in [0.5, 0.6) is 0 Å². The SMILES string of the molecule is CCC(C)(C#N)C(=O)N(C)Cc1nccn1C. The van der Waals surface area contributed by atoms with Crippen molar-refractivity contribution in [3.63, 3.8) is 0 Å². The summed E-state index contributed by atoms with van der Waals surface area (Å²) >= 11 is 0. The number of nitrogens with zero attached hydrogens (tertiary/aromatic N) is 4. The standard InChI is InChI=1S/C12H18N4O/c1-5-12(2,9-13)11(17)16(4)8-10-14-6-7-15(10)3/h6-7H,5,8H2,1-4H3. The lowest BCUT2D eigenvalue weighted by atomic mass is 9.88. The predicted octanol–water partition coefficient (Wildman–Crippen LogP) is 1.32. The van der Waals surface area contributed by atoms with Gasteiger partial charge in [-0.1, -0.05) is 6.92 Å². The molecule has 0 saturated heterocycles. The van der Waals surface area contributed by atoms with Crippen LogP contribution in [0.15, 0.2) is 12.4 Å². The number of hydrogen-bond donors (Lipinski definition) is 0. The fraction of sp³-hybridized carbons (Fsp3) is 0.583. The molecule has 0 N–H and O–H groups in total. The van der Waals surface area contributed by atoms with E-state index in [1.54, 1.807) is 25.1 Å². The average molecular weight is 234 g/mol. The zero-order chi connectivity index (χ0) is 13.1. The number of carbonyl (C=O) groups is 1. The number of aryl methyl sites for hydroxylation is 1. The van der Waals surface area contributed by atoms with E-state index in [1.807, 2.05) is 24.7 Å². The van der Waals surface area contributed by atoms with E-state index in [1.165, 1.54) is 0 Å². The van der Waals surface area contributed by atoms with Crippen molar-refractivity contribution < 1.29 is 4.79 Å². The molecule has 0 spiro atoms. The van der Waals surface area contributed by atoms with Gasteiger partial charge in [-0.25, -0.2) is 4.98 Å². The van der Waals surface area contributed by atoms with Crippen LogP contribution in [0.1, 0.15) is 26.1 Å². The maximum absolute atomic E-state index is 12.1. The molecule has 1 aromatic rings. The molecule has 1 unspecified atom stereocenters. The third-order valence-corrected chi connectivity index (χ3v) is 3.07. The van der Waals surface area contributed by atoms with Gasteiger partial charge in [-0.2, -0.15) is 5.26 Å². The number of nitriles is 1. The molecular weight excluding hydrogens is 216 g/mol. The first kappa shape index (κ1) is 13.2. The summed E-state index contributed by atoms with van der Waals surface area (Å²) in [5.41, 5.74) is -0.945. The summed E-state index contributed by atoms with van der Waals surface area (Å²) in [6, 6.07) is 2.08. The number of amides is 1. The highest BCUT2D eigenvalue weighted by atomic mass is 16.2. The molecule has 92 valence electrons. The van der Waals surface area contributed by atoms with Crippen molar-refractivity contribution in [2.24, 2.45) is 12.5 Å². The van der Waals surface area contributed by atoms with Crippen LogP contribution in [-0.4, -0.2) is 27.4 Å². The Morgan fingerprint density at radius 1 is 1.71 bits per heavy atom. The van der Waals surface area contributed by atoms with Crippen molar-refractivity contribution in [1.82, 2.24) is 14.5 Å². The van der Waals surface area contributed by atoms with Crippen molar-refractivity contribution in [3.05, 3.63) is 18.2 Å². The van der Waals surface area contributed by atoms with Crippen LogP contribution in [-0.2, 0) is 18.4 Å². The molecule has 0 aliphatic heterocycles. The van der Waals surface area contributed by atoms with Gasteiger partial charge in [0.1, 0.15) is 11.2 Å². The number of imidazole rings is 1. The summed E-state index contributed by atoms with van der Waals surface area (Å²) in [6.45, 7) is 3.93. The van der Waals surface area contributed by atoms with Gasteiger partial charge in [0.25, 0.3) is 0 Å². The van der Waals surface area contributed by atoms with E-state index in [0.717, 1.165) is 5.82 Å². The van der Waals surface area contributed by atoms with Gasteiger partial charge >= 0.3 is 0 Å². The number of carbonyl (C=O) groups excluding carboxylic acids is 1. The first-order valence-corrected chi connectivity index (χ1v) is 5.57. The van der Waals surface area contributed by atoms with Crippen molar-refractivity contribution in [2.45, 2.75) is 26.8 Å². The smallest absolute Gasteiger partial charge is 0.242 e. The van der Waals surface area contributed by atoms with E-state index in [4.69, 9.17) is 5.26 Å². The summed E-state index contributed by atoms with van der Waals surface area (Å²) in [5, 5.41) is 9.07. The van der Waals surface area contributed by atoms with Gasteiger partial charge < -0.3 is 9.47 Å². The second-order valence-electron chi connectivity index (χ2n) is 4.41. The largest absolute Gasteiger partial charge is 0.337 e. The highest BCUT2D eigenvalue weighted by molar-refractivity contribution is 5.84. The van der Waals surface area contributed by atoms with Crippen molar-refractivity contribution >= 4 is 5.91 Å². The van der Waals surface area contributed by atoms with Gasteiger partial charge in [0.15, 0.2) is 0 Å². The first-order valence-electron chi connectivity index (χ1n) is 5.57. The Hall–Kier alpha value is -1.83. The molecule has 0 bridgehead atoms. The Morgan fingerprint density at radius 3 is 2.76 bits per heavy atom. The van der Waals surface area contributed by atoms with Crippen LogP contribution >= 0.6 is 0 Å². The third kappa shape index (κ3) is 2.64. The van der Waals surface area contributed by atoms with Gasteiger partial charge in [-0.05, 0) is 13.3 Å². The molecular formula is C12H18N4O. The normalized spacial score (nSPS) is 13.8. The van der Waals surface area contributed by atoms with Gasteiger partial charge in [-0.3, -0.25) is 4.79 Å². The van der Waals surface area contributed by atoms with E-state index in [-0.39, 0.29) is 5.91 Å². The molecule has 0 radical (unpaired) electrons. The minimum absolute atomic E-state index is 0.162. The van der Waals surface area contributed by atoms with Crippen LogP contribution in [0.2, 0.25) is 0 Å². The predicted molar refractivity (Wildman–Crippen MR) is 63.7 cm³/mol. The van der Waals surface area contributed by atoms with Gasteiger partial charge in [-0.15, -0.1) is 0 Å². The Labute approximate surface area is 102 Å². The van der Waals surface area contributed by atoms with Gasteiger partial charge in [0.2, 0.25) is 5.91 Å². The molecule has 0 aromatic carbocycles. The molecule has 0 aliphatic rings. The second-order valence-corrected chi connectivity index (χ2v) is 4.41. The molecule has 0 fully saturated rings. The van der Waals surface area contributed by atoms with E-state index in [0.29, 0.717) is 13.0 Å². The minimum atomic E-state index is -0.945. The molecule has 0 aliphatic carbocycles. The fourth-order valence-corrected chi connectivity index (χ4v) is 1.53. The zero-order valence-corrected chi connectivity index (χ0v) is 10.8. The molecule has 17 heavy (non-hydrogen) atoms. The molecule has 0 saturated carbocycles. The molecule has 1 amide bonds. The summed E-state index contributed by atoms with van der Waals surface area (Å²) in [7, 11) is 3.58.